The molecule has 2 N–H and O–H groups in total. The van der Waals surface area contributed by atoms with E-state index < -0.39 is 5.60 Å². The van der Waals surface area contributed by atoms with E-state index in [1.54, 1.807) is 0 Å². The van der Waals surface area contributed by atoms with Crippen LogP contribution in [0.3, 0.4) is 0 Å². The highest BCUT2D eigenvalue weighted by Crippen LogP contribution is 2.36. The van der Waals surface area contributed by atoms with Gasteiger partial charge in [-0.15, -0.1) is 0 Å². The number of carbonyl (C=O) groups is 1. The zero-order valence-corrected chi connectivity index (χ0v) is 14.0. The molecule has 0 aromatic carbocycles. The van der Waals surface area contributed by atoms with Crippen molar-refractivity contribution < 1.29 is 9.53 Å². The van der Waals surface area contributed by atoms with Gasteiger partial charge in [-0.25, -0.2) is 4.79 Å². The lowest BCUT2D eigenvalue weighted by Gasteiger charge is -2.46. The summed E-state index contributed by atoms with van der Waals surface area (Å²) in [5.74, 6) is 0.420. The molecule has 2 atom stereocenters. The number of nitrogens with two attached hydrogens (primary N) is 1. The number of hydrogen-bond acceptors (Lipinski definition) is 3. The molecular formula is C16H32N2O2. The summed E-state index contributed by atoms with van der Waals surface area (Å²) in [6, 6.07) is 0.251. The smallest absolute Gasteiger partial charge is 0.410 e. The first-order chi connectivity index (χ1) is 9.06. The molecule has 1 saturated heterocycles. The standard InChI is InChI=1S/C16H32N2O2/c1-12(8-10-17)13-7-9-16(5,6)11-18(13)14(19)20-15(2,3)4/h12-13H,7-11,17H2,1-6H3. The first-order valence-electron chi connectivity index (χ1n) is 7.75. The van der Waals surface area contributed by atoms with Crippen LogP contribution in [0.25, 0.3) is 0 Å². The molecule has 4 nitrogen and oxygen atoms in total. The van der Waals surface area contributed by atoms with E-state index in [4.69, 9.17) is 10.5 Å². The van der Waals surface area contributed by atoms with Crippen LogP contribution in [-0.2, 0) is 4.74 Å². The lowest BCUT2D eigenvalue weighted by atomic mass is 9.78. The van der Waals surface area contributed by atoms with Gasteiger partial charge in [0.25, 0.3) is 0 Å². The van der Waals surface area contributed by atoms with E-state index >= 15 is 0 Å². The van der Waals surface area contributed by atoms with E-state index in [1.165, 1.54) is 0 Å². The molecule has 1 amide bonds. The van der Waals surface area contributed by atoms with Gasteiger partial charge in [0, 0.05) is 12.6 Å². The molecule has 1 aliphatic heterocycles. The van der Waals surface area contributed by atoms with Gasteiger partial charge in [-0.05, 0) is 57.9 Å². The molecule has 118 valence electrons. The van der Waals surface area contributed by atoms with Gasteiger partial charge in [-0.3, -0.25) is 0 Å². The molecule has 2 unspecified atom stereocenters. The average molecular weight is 284 g/mol. The topological polar surface area (TPSA) is 55.6 Å². The number of ether oxygens (including phenoxy) is 1. The minimum Gasteiger partial charge on any atom is -0.444 e. The van der Waals surface area contributed by atoms with Crippen LogP contribution in [0.2, 0.25) is 0 Å². The molecule has 0 aromatic heterocycles. The van der Waals surface area contributed by atoms with Crippen molar-refractivity contribution in [3.63, 3.8) is 0 Å². The summed E-state index contributed by atoms with van der Waals surface area (Å²) in [5.41, 5.74) is 5.40. The number of hydrogen-bond donors (Lipinski definition) is 1. The first-order valence-corrected chi connectivity index (χ1v) is 7.75. The van der Waals surface area contributed by atoms with Crippen molar-refractivity contribution >= 4 is 6.09 Å². The minimum absolute atomic E-state index is 0.163. The zero-order chi connectivity index (χ0) is 15.6. The second-order valence-corrected chi connectivity index (χ2v) is 7.93. The van der Waals surface area contributed by atoms with E-state index in [0.717, 1.165) is 25.8 Å². The SMILES string of the molecule is CC(CCN)C1CCC(C)(C)CN1C(=O)OC(C)(C)C. The Labute approximate surface area is 124 Å². The summed E-state index contributed by atoms with van der Waals surface area (Å²) < 4.78 is 5.58. The summed E-state index contributed by atoms with van der Waals surface area (Å²) in [5, 5.41) is 0. The lowest BCUT2D eigenvalue weighted by molar-refractivity contribution is -0.0173. The lowest BCUT2D eigenvalue weighted by Crippen LogP contribution is -2.53. The van der Waals surface area contributed by atoms with Crippen LogP contribution in [0.1, 0.15) is 60.8 Å². The van der Waals surface area contributed by atoms with Crippen molar-refractivity contribution in [3.05, 3.63) is 0 Å². The summed E-state index contributed by atoms with van der Waals surface area (Å²) in [4.78, 5) is 14.4. The molecule has 1 fully saturated rings. The van der Waals surface area contributed by atoms with Gasteiger partial charge in [0.15, 0.2) is 0 Å². The van der Waals surface area contributed by atoms with E-state index in [1.807, 2.05) is 25.7 Å². The van der Waals surface area contributed by atoms with Gasteiger partial charge in [0.05, 0.1) is 0 Å². The Bertz CT molecular complexity index is 334. The average Bonchev–Trinajstić information content (AvgIpc) is 2.25. The van der Waals surface area contributed by atoms with Crippen LogP contribution < -0.4 is 5.73 Å². The van der Waals surface area contributed by atoms with Crippen LogP contribution in [0.4, 0.5) is 4.79 Å². The molecule has 1 heterocycles. The zero-order valence-electron chi connectivity index (χ0n) is 14.0. The maximum atomic E-state index is 12.5. The maximum Gasteiger partial charge on any atom is 0.410 e. The Morgan fingerprint density at radius 2 is 2.05 bits per heavy atom. The Kier molecular flexibility index (Phi) is 5.47. The van der Waals surface area contributed by atoms with E-state index in [0.29, 0.717) is 12.5 Å². The van der Waals surface area contributed by atoms with Gasteiger partial charge in [-0.1, -0.05) is 20.8 Å². The third-order valence-electron chi connectivity index (χ3n) is 4.02. The highest BCUT2D eigenvalue weighted by molar-refractivity contribution is 5.68. The Morgan fingerprint density at radius 1 is 1.45 bits per heavy atom. The van der Waals surface area contributed by atoms with Crippen molar-refractivity contribution in [2.45, 2.75) is 72.4 Å². The fourth-order valence-electron chi connectivity index (χ4n) is 2.92. The number of piperidine rings is 1. The highest BCUT2D eigenvalue weighted by atomic mass is 16.6. The normalized spacial score (nSPS) is 24.4. The molecule has 1 rings (SSSR count). The minimum atomic E-state index is -0.444. The number of carbonyl (C=O) groups excluding carboxylic acids is 1. The van der Waals surface area contributed by atoms with Gasteiger partial charge >= 0.3 is 6.09 Å². The molecule has 4 heteroatoms. The summed E-state index contributed by atoms with van der Waals surface area (Å²) in [6.45, 7) is 13.8. The molecule has 0 radical (unpaired) electrons. The third-order valence-corrected chi connectivity index (χ3v) is 4.02. The van der Waals surface area contributed by atoms with Crippen molar-refractivity contribution in [2.75, 3.05) is 13.1 Å². The molecule has 0 aromatic rings. The molecule has 20 heavy (non-hydrogen) atoms. The molecule has 0 spiro atoms. The summed E-state index contributed by atoms with van der Waals surface area (Å²) >= 11 is 0. The fraction of sp³-hybridized carbons (Fsp3) is 0.938. The fourth-order valence-corrected chi connectivity index (χ4v) is 2.92. The third kappa shape index (κ3) is 4.97. The van der Waals surface area contributed by atoms with Crippen molar-refractivity contribution in [3.8, 4) is 0 Å². The first kappa shape index (κ1) is 17.3. The summed E-state index contributed by atoms with van der Waals surface area (Å²) in [6.07, 6.45) is 2.95. The number of nitrogens with zero attached hydrogens (tertiary/aromatic N) is 1. The monoisotopic (exact) mass is 284 g/mol. The van der Waals surface area contributed by atoms with Crippen molar-refractivity contribution in [1.82, 2.24) is 4.90 Å². The summed E-state index contributed by atoms with van der Waals surface area (Å²) in [7, 11) is 0. The second kappa shape index (κ2) is 6.33. The van der Waals surface area contributed by atoms with Crippen LogP contribution in [-0.4, -0.2) is 35.7 Å². The molecule has 0 saturated carbocycles. The predicted octanol–water partition coefficient (Wildman–Crippen LogP) is 3.40. The van der Waals surface area contributed by atoms with Gasteiger partial charge < -0.3 is 15.4 Å². The molecule has 0 aliphatic carbocycles. The van der Waals surface area contributed by atoms with Gasteiger partial charge in [0.1, 0.15) is 5.60 Å². The predicted molar refractivity (Wildman–Crippen MR) is 82.6 cm³/mol. The largest absolute Gasteiger partial charge is 0.444 e. The number of amides is 1. The van der Waals surface area contributed by atoms with Crippen molar-refractivity contribution in [2.24, 2.45) is 17.1 Å². The highest BCUT2D eigenvalue weighted by Gasteiger charge is 2.39. The van der Waals surface area contributed by atoms with Crippen molar-refractivity contribution in [1.29, 1.82) is 0 Å². The van der Waals surface area contributed by atoms with Crippen LogP contribution in [0, 0.1) is 11.3 Å². The van der Waals surface area contributed by atoms with Crippen LogP contribution in [0.5, 0.6) is 0 Å². The Balaban J connectivity index is 2.84. The van der Waals surface area contributed by atoms with Gasteiger partial charge in [0.2, 0.25) is 0 Å². The quantitative estimate of drug-likeness (QED) is 0.864. The molecule has 0 bridgehead atoms. The Morgan fingerprint density at radius 3 is 2.55 bits per heavy atom. The molecular weight excluding hydrogens is 252 g/mol. The van der Waals surface area contributed by atoms with E-state index in [9.17, 15) is 4.79 Å². The maximum absolute atomic E-state index is 12.5. The van der Waals surface area contributed by atoms with Crippen LogP contribution in [0.15, 0.2) is 0 Å². The molecule has 1 aliphatic rings. The van der Waals surface area contributed by atoms with Crippen LogP contribution >= 0.6 is 0 Å². The number of likely N-dealkylation sites (tertiary alicyclic amines) is 1. The van der Waals surface area contributed by atoms with E-state index in [-0.39, 0.29) is 17.6 Å². The van der Waals surface area contributed by atoms with Gasteiger partial charge in [-0.2, -0.15) is 0 Å². The number of rotatable bonds is 3. The Hall–Kier alpha value is -0.770. The van der Waals surface area contributed by atoms with E-state index in [2.05, 4.69) is 20.8 Å². The second-order valence-electron chi connectivity index (χ2n) is 7.93.